The van der Waals surface area contributed by atoms with Crippen LogP contribution in [0.25, 0.3) is 0 Å². The van der Waals surface area contributed by atoms with Crippen LogP contribution in [0, 0.1) is 5.92 Å². The molecule has 0 amide bonds. The molecule has 1 aromatic carbocycles. The van der Waals surface area contributed by atoms with Crippen LogP contribution in [0.4, 0.5) is 5.69 Å². The van der Waals surface area contributed by atoms with Crippen molar-refractivity contribution in [3.63, 3.8) is 0 Å². The third kappa shape index (κ3) is 2.97. The minimum atomic E-state index is -0.162. The van der Waals surface area contributed by atoms with Crippen LogP contribution in [0.2, 0.25) is 0 Å². The molecule has 0 fully saturated rings. The maximum atomic E-state index is 9.35. The Bertz CT molecular complexity index is 298. The number of aliphatic hydroxyl groups excluding tert-OH is 1. The minimum Gasteiger partial charge on any atom is -0.396 e. The van der Waals surface area contributed by atoms with E-state index in [4.69, 9.17) is 5.73 Å². The fourth-order valence-corrected chi connectivity index (χ4v) is 1.87. The summed E-state index contributed by atoms with van der Waals surface area (Å²) in [7, 11) is 0. The molecule has 90 valence electrons. The van der Waals surface area contributed by atoms with Crippen molar-refractivity contribution in [1.82, 2.24) is 0 Å². The molecule has 0 bridgehead atoms. The molecular formula is C13H22N2O. The molecule has 0 heterocycles. The van der Waals surface area contributed by atoms with Crippen molar-refractivity contribution in [3.8, 4) is 0 Å². The van der Waals surface area contributed by atoms with E-state index < -0.39 is 0 Å². The summed E-state index contributed by atoms with van der Waals surface area (Å²) >= 11 is 0. The van der Waals surface area contributed by atoms with Crippen molar-refractivity contribution in [2.24, 2.45) is 11.7 Å². The molecule has 3 nitrogen and oxygen atoms in total. The molecule has 0 aliphatic rings. The van der Waals surface area contributed by atoms with Gasteiger partial charge in [-0.1, -0.05) is 25.1 Å². The average Bonchev–Trinajstić information content (AvgIpc) is 2.32. The maximum absolute atomic E-state index is 9.35. The lowest BCUT2D eigenvalue weighted by Gasteiger charge is -2.37. The summed E-state index contributed by atoms with van der Waals surface area (Å²) in [6, 6.07) is 10.0. The van der Waals surface area contributed by atoms with Gasteiger partial charge in [-0.2, -0.15) is 0 Å². The predicted octanol–water partition coefficient (Wildman–Crippen LogP) is 1.83. The van der Waals surface area contributed by atoms with E-state index in [2.05, 4.69) is 19.2 Å². The number of hydrogen-bond donors (Lipinski definition) is 3. The molecule has 0 aliphatic carbocycles. The summed E-state index contributed by atoms with van der Waals surface area (Å²) in [6.07, 6.45) is 0.921. The monoisotopic (exact) mass is 222 g/mol. The van der Waals surface area contributed by atoms with E-state index in [9.17, 15) is 5.11 Å². The van der Waals surface area contributed by atoms with Gasteiger partial charge in [-0.15, -0.1) is 0 Å². The van der Waals surface area contributed by atoms with Gasteiger partial charge >= 0.3 is 0 Å². The van der Waals surface area contributed by atoms with Crippen LogP contribution in [-0.4, -0.2) is 23.8 Å². The third-order valence-electron chi connectivity index (χ3n) is 3.34. The van der Waals surface area contributed by atoms with Crippen molar-refractivity contribution in [2.45, 2.75) is 25.8 Å². The molecule has 16 heavy (non-hydrogen) atoms. The van der Waals surface area contributed by atoms with Gasteiger partial charge in [-0.05, 0) is 32.0 Å². The number of hydrogen-bond acceptors (Lipinski definition) is 3. The smallest absolute Gasteiger partial charge is 0.0493 e. The quantitative estimate of drug-likeness (QED) is 0.688. The molecule has 0 radical (unpaired) electrons. The Kier molecular flexibility index (Phi) is 4.77. The zero-order valence-electron chi connectivity index (χ0n) is 10.1. The average molecular weight is 222 g/mol. The van der Waals surface area contributed by atoms with Crippen molar-refractivity contribution in [2.75, 3.05) is 18.5 Å². The van der Waals surface area contributed by atoms with E-state index in [0.717, 1.165) is 12.1 Å². The first kappa shape index (κ1) is 13.0. The molecule has 0 unspecified atom stereocenters. The first-order chi connectivity index (χ1) is 7.66. The number of rotatable bonds is 6. The second-order valence-electron chi connectivity index (χ2n) is 4.38. The highest BCUT2D eigenvalue weighted by Gasteiger charge is 2.30. The number of anilines is 1. The zero-order chi connectivity index (χ0) is 12.0. The normalized spacial score (nSPS) is 16.5. The number of benzene rings is 1. The van der Waals surface area contributed by atoms with Crippen molar-refractivity contribution in [1.29, 1.82) is 0 Å². The third-order valence-corrected chi connectivity index (χ3v) is 3.34. The van der Waals surface area contributed by atoms with E-state index in [1.165, 1.54) is 0 Å². The molecule has 0 aliphatic heterocycles. The second-order valence-corrected chi connectivity index (χ2v) is 4.38. The molecular weight excluding hydrogens is 200 g/mol. The Morgan fingerprint density at radius 1 is 1.38 bits per heavy atom. The largest absolute Gasteiger partial charge is 0.396 e. The van der Waals surface area contributed by atoms with Gasteiger partial charge in [0.05, 0.1) is 0 Å². The lowest BCUT2D eigenvalue weighted by molar-refractivity contribution is 0.174. The van der Waals surface area contributed by atoms with Gasteiger partial charge in [0, 0.05) is 23.8 Å². The second kappa shape index (κ2) is 5.87. The van der Waals surface area contributed by atoms with Crippen LogP contribution in [0.3, 0.4) is 0 Å². The van der Waals surface area contributed by atoms with Gasteiger partial charge in [0.1, 0.15) is 0 Å². The molecule has 0 saturated carbocycles. The van der Waals surface area contributed by atoms with Gasteiger partial charge < -0.3 is 16.2 Å². The number of nitrogens with one attached hydrogen (secondary N) is 1. The van der Waals surface area contributed by atoms with Crippen LogP contribution in [0.15, 0.2) is 30.3 Å². The Hall–Kier alpha value is -1.06. The molecule has 3 heteroatoms. The SMILES string of the molecule is CC[C@@](C)(Nc1ccccc1)[C@@H](CN)CO. The van der Waals surface area contributed by atoms with Crippen molar-refractivity contribution >= 4 is 5.69 Å². The van der Waals surface area contributed by atoms with Crippen LogP contribution in [0.1, 0.15) is 20.3 Å². The molecule has 1 aromatic rings. The highest BCUT2D eigenvalue weighted by Crippen LogP contribution is 2.25. The van der Waals surface area contributed by atoms with Crippen LogP contribution < -0.4 is 11.1 Å². The number of aliphatic hydroxyl groups is 1. The standard InChI is InChI=1S/C13H22N2O/c1-3-13(2,11(9-14)10-16)15-12-7-5-4-6-8-12/h4-8,11,15-16H,3,9-10,14H2,1-2H3/t11-,13+/m0/s1. The topological polar surface area (TPSA) is 58.3 Å². The van der Waals surface area contributed by atoms with Gasteiger partial charge in [-0.25, -0.2) is 0 Å². The van der Waals surface area contributed by atoms with Crippen molar-refractivity contribution in [3.05, 3.63) is 30.3 Å². The Balaban J connectivity index is 2.81. The summed E-state index contributed by atoms with van der Waals surface area (Å²) in [6.45, 7) is 4.81. The van der Waals surface area contributed by atoms with E-state index in [1.807, 2.05) is 30.3 Å². The van der Waals surface area contributed by atoms with E-state index in [-0.39, 0.29) is 18.1 Å². The Labute approximate surface area is 97.7 Å². The number of nitrogens with two attached hydrogens (primary N) is 1. The van der Waals surface area contributed by atoms with Crippen molar-refractivity contribution < 1.29 is 5.11 Å². The van der Waals surface area contributed by atoms with Crippen LogP contribution in [-0.2, 0) is 0 Å². The zero-order valence-corrected chi connectivity index (χ0v) is 10.1. The van der Waals surface area contributed by atoms with Crippen LogP contribution in [0.5, 0.6) is 0 Å². The summed E-state index contributed by atoms with van der Waals surface area (Å²) in [5.74, 6) is 0.0673. The van der Waals surface area contributed by atoms with E-state index in [1.54, 1.807) is 0 Å². The molecule has 4 N–H and O–H groups in total. The molecule has 2 atom stereocenters. The van der Waals surface area contributed by atoms with E-state index in [0.29, 0.717) is 6.54 Å². The molecule has 1 rings (SSSR count). The molecule has 0 spiro atoms. The van der Waals surface area contributed by atoms with Gasteiger partial charge in [0.15, 0.2) is 0 Å². The summed E-state index contributed by atoms with van der Waals surface area (Å²) in [4.78, 5) is 0. The first-order valence-electron chi connectivity index (χ1n) is 5.80. The maximum Gasteiger partial charge on any atom is 0.0493 e. The lowest BCUT2D eigenvalue weighted by Crippen LogP contribution is -2.47. The first-order valence-corrected chi connectivity index (χ1v) is 5.80. The lowest BCUT2D eigenvalue weighted by atomic mass is 9.83. The Morgan fingerprint density at radius 2 is 2.00 bits per heavy atom. The van der Waals surface area contributed by atoms with Gasteiger partial charge in [-0.3, -0.25) is 0 Å². The molecule has 0 aromatic heterocycles. The van der Waals surface area contributed by atoms with E-state index >= 15 is 0 Å². The van der Waals surface area contributed by atoms with Gasteiger partial charge in [0.2, 0.25) is 0 Å². The summed E-state index contributed by atoms with van der Waals surface area (Å²) in [5.41, 5.74) is 6.61. The molecule has 0 saturated heterocycles. The number of para-hydroxylation sites is 1. The highest BCUT2D eigenvalue weighted by atomic mass is 16.3. The Morgan fingerprint density at radius 3 is 2.44 bits per heavy atom. The fourth-order valence-electron chi connectivity index (χ4n) is 1.87. The van der Waals surface area contributed by atoms with Crippen LogP contribution >= 0.6 is 0 Å². The summed E-state index contributed by atoms with van der Waals surface area (Å²) < 4.78 is 0. The predicted molar refractivity (Wildman–Crippen MR) is 68.4 cm³/mol. The van der Waals surface area contributed by atoms with Gasteiger partial charge in [0.25, 0.3) is 0 Å². The highest BCUT2D eigenvalue weighted by molar-refractivity contribution is 5.45. The minimum absolute atomic E-state index is 0.0673. The fraction of sp³-hybridized carbons (Fsp3) is 0.538. The summed E-state index contributed by atoms with van der Waals surface area (Å²) in [5, 5.41) is 12.8.